The van der Waals surface area contributed by atoms with E-state index in [1.54, 1.807) is 23.0 Å². The summed E-state index contributed by atoms with van der Waals surface area (Å²) in [4.78, 5) is 17.1. The molecule has 26 heavy (non-hydrogen) atoms. The van der Waals surface area contributed by atoms with Crippen LogP contribution >= 0.6 is 11.6 Å². The molecule has 6 nitrogen and oxygen atoms in total. The number of aliphatic hydroxyl groups is 1. The zero-order valence-electron chi connectivity index (χ0n) is 15.2. The van der Waals surface area contributed by atoms with Crippen molar-refractivity contribution in [3.63, 3.8) is 0 Å². The van der Waals surface area contributed by atoms with Gasteiger partial charge in [-0.25, -0.2) is 4.68 Å². The smallest absolute Gasteiger partial charge is 0.255 e. The SMILES string of the molecule is CN(C)C[C@H]1C[C@H](CO)CN(C(=O)c2cc(-n3cccn3)ccc2Cl)C1. The molecule has 2 atom stereocenters. The fourth-order valence-electron chi connectivity index (χ4n) is 3.68. The van der Waals surface area contributed by atoms with E-state index >= 15 is 0 Å². The number of aromatic nitrogens is 2. The second-order valence-electron chi connectivity index (χ2n) is 7.24. The van der Waals surface area contributed by atoms with Crippen LogP contribution in [0, 0.1) is 11.8 Å². The summed E-state index contributed by atoms with van der Waals surface area (Å²) in [5.74, 6) is 0.351. The number of likely N-dealkylation sites (tertiary alicyclic amines) is 1. The third-order valence-electron chi connectivity index (χ3n) is 4.74. The minimum Gasteiger partial charge on any atom is -0.396 e. The van der Waals surface area contributed by atoms with Gasteiger partial charge in [0.05, 0.1) is 16.3 Å². The second-order valence-corrected chi connectivity index (χ2v) is 7.64. The lowest BCUT2D eigenvalue weighted by Crippen LogP contribution is -2.47. The van der Waals surface area contributed by atoms with E-state index < -0.39 is 0 Å². The molecule has 0 unspecified atom stereocenters. The first-order chi connectivity index (χ1) is 12.5. The van der Waals surface area contributed by atoms with Gasteiger partial charge in [0, 0.05) is 38.6 Å². The highest BCUT2D eigenvalue weighted by Gasteiger charge is 2.31. The van der Waals surface area contributed by atoms with Gasteiger partial charge in [0.15, 0.2) is 0 Å². The molecule has 7 heteroatoms. The molecular formula is C19H25ClN4O2. The van der Waals surface area contributed by atoms with E-state index in [-0.39, 0.29) is 18.4 Å². The maximum Gasteiger partial charge on any atom is 0.255 e. The van der Waals surface area contributed by atoms with E-state index in [4.69, 9.17) is 11.6 Å². The lowest BCUT2D eigenvalue weighted by Gasteiger charge is -2.38. The number of nitrogens with zero attached hydrogens (tertiary/aromatic N) is 4. The third-order valence-corrected chi connectivity index (χ3v) is 5.07. The molecule has 0 radical (unpaired) electrons. The van der Waals surface area contributed by atoms with Gasteiger partial charge in [-0.15, -0.1) is 0 Å². The van der Waals surface area contributed by atoms with Crippen LogP contribution in [0.3, 0.4) is 0 Å². The monoisotopic (exact) mass is 376 g/mol. The summed E-state index contributed by atoms with van der Waals surface area (Å²) in [7, 11) is 4.05. The van der Waals surface area contributed by atoms with Crippen molar-refractivity contribution >= 4 is 17.5 Å². The molecule has 1 fully saturated rings. The van der Waals surface area contributed by atoms with Gasteiger partial charge in [0.1, 0.15) is 0 Å². The van der Waals surface area contributed by atoms with E-state index in [0.717, 1.165) is 18.7 Å². The van der Waals surface area contributed by atoms with Gasteiger partial charge in [-0.2, -0.15) is 5.10 Å². The third kappa shape index (κ3) is 4.26. The topological polar surface area (TPSA) is 61.6 Å². The summed E-state index contributed by atoms with van der Waals surface area (Å²) in [5.41, 5.74) is 1.27. The van der Waals surface area contributed by atoms with Crippen LogP contribution in [0.2, 0.25) is 5.02 Å². The molecule has 1 N–H and O–H groups in total. The largest absolute Gasteiger partial charge is 0.396 e. The average Bonchev–Trinajstić information content (AvgIpc) is 3.15. The Balaban J connectivity index is 1.84. The predicted molar refractivity (Wildman–Crippen MR) is 102 cm³/mol. The maximum absolute atomic E-state index is 13.2. The summed E-state index contributed by atoms with van der Waals surface area (Å²) in [5, 5.41) is 14.3. The van der Waals surface area contributed by atoms with Gasteiger partial charge in [-0.1, -0.05) is 11.6 Å². The molecule has 1 saturated heterocycles. The van der Waals surface area contributed by atoms with Gasteiger partial charge in [0.25, 0.3) is 5.91 Å². The number of aliphatic hydroxyl groups excluding tert-OH is 1. The van der Waals surface area contributed by atoms with E-state index in [1.807, 2.05) is 37.3 Å². The van der Waals surface area contributed by atoms with E-state index in [2.05, 4.69) is 10.00 Å². The Hall–Kier alpha value is -1.89. The molecule has 2 aromatic rings. The fourth-order valence-corrected chi connectivity index (χ4v) is 3.88. The summed E-state index contributed by atoms with van der Waals surface area (Å²) >= 11 is 6.33. The first-order valence-corrected chi connectivity index (χ1v) is 9.20. The zero-order chi connectivity index (χ0) is 18.7. The number of rotatable bonds is 5. The maximum atomic E-state index is 13.2. The van der Waals surface area contributed by atoms with Crippen molar-refractivity contribution in [3.8, 4) is 5.69 Å². The Bertz CT molecular complexity index is 748. The fraction of sp³-hybridized carbons (Fsp3) is 0.474. The summed E-state index contributed by atoms with van der Waals surface area (Å²) in [6, 6.07) is 7.18. The highest BCUT2D eigenvalue weighted by molar-refractivity contribution is 6.33. The van der Waals surface area contributed by atoms with Crippen molar-refractivity contribution in [2.75, 3.05) is 40.3 Å². The number of amides is 1. The van der Waals surface area contributed by atoms with E-state index in [9.17, 15) is 9.90 Å². The summed E-state index contributed by atoms with van der Waals surface area (Å²) in [6.45, 7) is 2.22. The standard InChI is InChI=1S/C19H25ClN4O2/c1-22(2)10-14-8-15(13-25)12-23(11-14)19(26)17-9-16(4-5-18(17)20)24-7-3-6-21-24/h3-7,9,14-15,25H,8,10-13H2,1-2H3/t14-,15+/m1/s1. The van der Waals surface area contributed by atoms with Crippen LogP contribution in [0.1, 0.15) is 16.8 Å². The van der Waals surface area contributed by atoms with E-state index in [1.165, 1.54) is 0 Å². The Kier molecular flexibility index (Phi) is 5.96. The van der Waals surface area contributed by atoms with Crippen molar-refractivity contribution in [3.05, 3.63) is 47.2 Å². The Morgan fingerprint density at radius 1 is 1.35 bits per heavy atom. The molecule has 0 saturated carbocycles. The normalized spacial score (nSPS) is 20.6. The molecule has 3 rings (SSSR count). The number of halogens is 1. The highest BCUT2D eigenvalue weighted by Crippen LogP contribution is 2.27. The molecule has 140 valence electrons. The molecular weight excluding hydrogens is 352 g/mol. The lowest BCUT2D eigenvalue weighted by atomic mass is 9.89. The average molecular weight is 377 g/mol. The number of hydrogen-bond donors (Lipinski definition) is 1. The first kappa shape index (κ1) is 18.9. The molecule has 1 aromatic heterocycles. The number of benzene rings is 1. The van der Waals surface area contributed by atoms with Crippen LogP contribution in [-0.4, -0.2) is 70.9 Å². The molecule has 1 aliphatic heterocycles. The molecule has 0 aliphatic carbocycles. The predicted octanol–water partition coefficient (Wildman–Crippen LogP) is 2.16. The lowest BCUT2D eigenvalue weighted by molar-refractivity contribution is 0.0478. The summed E-state index contributed by atoms with van der Waals surface area (Å²) < 4.78 is 1.70. The number of hydrogen-bond acceptors (Lipinski definition) is 4. The molecule has 0 bridgehead atoms. The molecule has 1 amide bonds. The molecule has 0 spiro atoms. The zero-order valence-corrected chi connectivity index (χ0v) is 15.9. The Morgan fingerprint density at radius 2 is 2.12 bits per heavy atom. The van der Waals surface area contributed by atoms with Gasteiger partial charge >= 0.3 is 0 Å². The van der Waals surface area contributed by atoms with Crippen LogP contribution in [-0.2, 0) is 0 Å². The Labute approximate surface area is 159 Å². The molecule has 1 aromatic carbocycles. The van der Waals surface area contributed by atoms with Crippen LogP contribution in [0.15, 0.2) is 36.7 Å². The van der Waals surface area contributed by atoms with Gasteiger partial charge < -0.3 is 14.9 Å². The van der Waals surface area contributed by atoms with Gasteiger partial charge in [-0.05, 0) is 56.6 Å². The van der Waals surface area contributed by atoms with Crippen LogP contribution in [0.4, 0.5) is 0 Å². The highest BCUT2D eigenvalue weighted by atomic mass is 35.5. The minimum absolute atomic E-state index is 0.0917. The Morgan fingerprint density at radius 3 is 2.77 bits per heavy atom. The molecule has 2 heterocycles. The van der Waals surface area contributed by atoms with Crippen molar-refractivity contribution in [2.24, 2.45) is 11.8 Å². The van der Waals surface area contributed by atoms with Gasteiger partial charge in [-0.3, -0.25) is 4.79 Å². The van der Waals surface area contributed by atoms with Gasteiger partial charge in [0.2, 0.25) is 0 Å². The summed E-state index contributed by atoms with van der Waals surface area (Å²) in [6.07, 6.45) is 4.45. The van der Waals surface area contributed by atoms with Crippen LogP contribution in [0.5, 0.6) is 0 Å². The quantitative estimate of drug-likeness (QED) is 0.868. The van der Waals surface area contributed by atoms with Crippen LogP contribution < -0.4 is 0 Å². The van der Waals surface area contributed by atoms with E-state index in [0.29, 0.717) is 29.6 Å². The van der Waals surface area contributed by atoms with Crippen LogP contribution in [0.25, 0.3) is 5.69 Å². The minimum atomic E-state index is -0.0917. The number of carbonyl (C=O) groups is 1. The van der Waals surface area contributed by atoms with Crippen molar-refractivity contribution in [2.45, 2.75) is 6.42 Å². The van der Waals surface area contributed by atoms with Crippen molar-refractivity contribution in [1.29, 1.82) is 0 Å². The van der Waals surface area contributed by atoms with Crippen molar-refractivity contribution < 1.29 is 9.90 Å². The van der Waals surface area contributed by atoms with Crippen molar-refractivity contribution in [1.82, 2.24) is 19.6 Å². The number of piperidine rings is 1. The second kappa shape index (κ2) is 8.20. The first-order valence-electron chi connectivity index (χ1n) is 8.82. The number of carbonyl (C=O) groups excluding carboxylic acids is 1. The molecule has 1 aliphatic rings.